The van der Waals surface area contributed by atoms with Gasteiger partial charge in [0, 0.05) is 18.3 Å². The van der Waals surface area contributed by atoms with E-state index in [1.54, 1.807) is 0 Å². The average molecular weight is 234 g/mol. The molecule has 1 aromatic carbocycles. The van der Waals surface area contributed by atoms with Crippen LogP contribution in [0.15, 0.2) is 12.1 Å². The molecule has 0 bridgehead atoms. The standard InChI is InChI=1S/C14H22N2O/c1-6-11-12(15)7-10(14(3,4)5)8-13(11)16-9(2)17/h7-8H,6,15H2,1-5H3,(H,16,17). The highest BCUT2D eigenvalue weighted by Gasteiger charge is 2.17. The third-order valence-corrected chi connectivity index (χ3v) is 2.81. The van der Waals surface area contributed by atoms with E-state index >= 15 is 0 Å². The van der Waals surface area contributed by atoms with Crippen molar-refractivity contribution in [3.63, 3.8) is 0 Å². The molecule has 1 amide bonds. The van der Waals surface area contributed by atoms with Crippen LogP contribution < -0.4 is 11.1 Å². The van der Waals surface area contributed by atoms with E-state index in [1.165, 1.54) is 6.92 Å². The first-order valence-corrected chi connectivity index (χ1v) is 5.96. The Labute approximate surface area is 103 Å². The number of carbonyl (C=O) groups excluding carboxylic acids is 1. The van der Waals surface area contributed by atoms with Crippen molar-refractivity contribution in [2.24, 2.45) is 0 Å². The predicted molar refractivity (Wildman–Crippen MR) is 73.2 cm³/mol. The second kappa shape index (κ2) is 4.78. The Kier molecular flexibility index (Phi) is 3.81. The zero-order valence-corrected chi connectivity index (χ0v) is 11.3. The second-order valence-electron chi connectivity index (χ2n) is 5.38. The van der Waals surface area contributed by atoms with Gasteiger partial charge in [0.25, 0.3) is 0 Å². The van der Waals surface area contributed by atoms with Crippen LogP contribution in [0.4, 0.5) is 11.4 Å². The van der Waals surface area contributed by atoms with Gasteiger partial charge in [0.2, 0.25) is 5.91 Å². The first-order chi connectivity index (χ1) is 7.75. The van der Waals surface area contributed by atoms with Crippen molar-refractivity contribution in [2.75, 3.05) is 11.1 Å². The summed E-state index contributed by atoms with van der Waals surface area (Å²) in [6.45, 7) is 9.94. The molecule has 0 fully saturated rings. The predicted octanol–water partition coefficient (Wildman–Crippen LogP) is 3.09. The fraction of sp³-hybridized carbons (Fsp3) is 0.500. The highest BCUT2D eigenvalue weighted by atomic mass is 16.1. The maximum Gasteiger partial charge on any atom is 0.221 e. The molecule has 0 saturated carbocycles. The maximum atomic E-state index is 11.2. The van der Waals surface area contributed by atoms with Gasteiger partial charge < -0.3 is 11.1 Å². The lowest BCUT2D eigenvalue weighted by Gasteiger charge is -2.22. The number of amides is 1. The number of nitrogens with one attached hydrogen (secondary N) is 1. The summed E-state index contributed by atoms with van der Waals surface area (Å²) in [4.78, 5) is 11.2. The molecule has 0 aliphatic heterocycles. The Morgan fingerprint density at radius 3 is 2.35 bits per heavy atom. The van der Waals surface area contributed by atoms with E-state index in [2.05, 4.69) is 26.1 Å². The molecule has 0 spiro atoms. The van der Waals surface area contributed by atoms with Crippen LogP contribution in [0.25, 0.3) is 0 Å². The van der Waals surface area contributed by atoms with Crippen LogP contribution >= 0.6 is 0 Å². The lowest BCUT2D eigenvalue weighted by molar-refractivity contribution is -0.114. The van der Waals surface area contributed by atoms with Crippen molar-refractivity contribution in [3.05, 3.63) is 23.3 Å². The van der Waals surface area contributed by atoms with E-state index in [9.17, 15) is 4.79 Å². The zero-order valence-electron chi connectivity index (χ0n) is 11.3. The minimum atomic E-state index is -0.0647. The van der Waals surface area contributed by atoms with Crippen LogP contribution in [0.5, 0.6) is 0 Å². The Hall–Kier alpha value is -1.51. The third-order valence-electron chi connectivity index (χ3n) is 2.81. The van der Waals surface area contributed by atoms with Gasteiger partial charge in [-0.2, -0.15) is 0 Å². The molecule has 0 aliphatic rings. The molecular weight excluding hydrogens is 212 g/mol. The quantitative estimate of drug-likeness (QED) is 0.773. The van der Waals surface area contributed by atoms with Gasteiger partial charge in [-0.1, -0.05) is 27.7 Å². The number of carbonyl (C=O) groups is 1. The molecule has 0 radical (unpaired) electrons. The van der Waals surface area contributed by atoms with Crippen molar-refractivity contribution in [1.82, 2.24) is 0 Å². The molecule has 94 valence electrons. The molecule has 0 unspecified atom stereocenters. The molecule has 1 rings (SSSR count). The Balaban J connectivity index is 3.33. The molecule has 1 aromatic rings. The number of hydrogen-bond donors (Lipinski definition) is 2. The molecule has 0 atom stereocenters. The van der Waals surface area contributed by atoms with Gasteiger partial charge in [-0.15, -0.1) is 0 Å². The summed E-state index contributed by atoms with van der Waals surface area (Å²) in [6.07, 6.45) is 0.811. The molecule has 0 saturated heterocycles. The largest absolute Gasteiger partial charge is 0.398 e. The van der Waals surface area contributed by atoms with Crippen LogP contribution in [0.1, 0.15) is 45.7 Å². The molecule has 0 aromatic heterocycles. The second-order valence-corrected chi connectivity index (χ2v) is 5.38. The van der Waals surface area contributed by atoms with E-state index in [0.717, 1.165) is 28.9 Å². The van der Waals surface area contributed by atoms with Crippen LogP contribution in [-0.2, 0) is 16.6 Å². The van der Waals surface area contributed by atoms with E-state index < -0.39 is 0 Å². The fourth-order valence-corrected chi connectivity index (χ4v) is 1.82. The van der Waals surface area contributed by atoms with Gasteiger partial charge in [0.15, 0.2) is 0 Å². The summed E-state index contributed by atoms with van der Waals surface area (Å²) in [6, 6.07) is 4.03. The molecule has 17 heavy (non-hydrogen) atoms. The van der Waals surface area contributed by atoms with Crippen molar-refractivity contribution >= 4 is 17.3 Å². The summed E-state index contributed by atoms with van der Waals surface area (Å²) in [5.41, 5.74) is 9.81. The van der Waals surface area contributed by atoms with Gasteiger partial charge >= 0.3 is 0 Å². The van der Waals surface area contributed by atoms with E-state index in [-0.39, 0.29) is 11.3 Å². The van der Waals surface area contributed by atoms with Crippen molar-refractivity contribution in [1.29, 1.82) is 0 Å². The topological polar surface area (TPSA) is 55.1 Å². The zero-order chi connectivity index (χ0) is 13.2. The van der Waals surface area contributed by atoms with Crippen molar-refractivity contribution in [2.45, 2.75) is 46.5 Å². The molecule has 0 heterocycles. The maximum absolute atomic E-state index is 11.2. The summed E-state index contributed by atoms with van der Waals surface area (Å²) in [5, 5.41) is 2.86. The Morgan fingerprint density at radius 2 is 1.94 bits per heavy atom. The summed E-state index contributed by atoms with van der Waals surface area (Å²) in [7, 11) is 0. The SMILES string of the molecule is CCc1c(N)cc(C(C)(C)C)cc1NC(C)=O. The lowest BCUT2D eigenvalue weighted by atomic mass is 9.85. The van der Waals surface area contributed by atoms with Gasteiger partial charge in [0.1, 0.15) is 0 Å². The van der Waals surface area contributed by atoms with Crippen molar-refractivity contribution < 1.29 is 4.79 Å². The van der Waals surface area contributed by atoms with Gasteiger partial charge in [-0.25, -0.2) is 0 Å². The van der Waals surface area contributed by atoms with E-state index in [0.29, 0.717) is 0 Å². The third kappa shape index (κ3) is 3.22. The minimum absolute atomic E-state index is 0.0214. The summed E-state index contributed by atoms with van der Waals surface area (Å²) in [5.74, 6) is -0.0647. The Morgan fingerprint density at radius 1 is 1.35 bits per heavy atom. The van der Waals surface area contributed by atoms with Crippen LogP contribution in [-0.4, -0.2) is 5.91 Å². The highest BCUT2D eigenvalue weighted by Crippen LogP contribution is 2.31. The molecule has 0 aliphatic carbocycles. The number of rotatable bonds is 2. The van der Waals surface area contributed by atoms with Crippen LogP contribution in [0.3, 0.4) is 0 Å². The van der Waals surface area contributed by atoms with Gasteiger partial charge in [0.05, 0.1) is 0 Å². The summed E-state index contributed by atoms with van der Waals surface area (Å²) < 4.78 is 0. The first kappa shape index (κ1) is 13.6. The fourth-order valence-electron chi connectivity index (χ4n) is 1.82. The molecule has 3 nitrogen and oxygen atoms in total. The smallest absolute Gasteiger partial charge is 0.221 e. The number of hydrogen-bond acceptors (Lipinski definition) is 2. The molecule has 3 heteroatoms. The van der Waals surface area contributed by atoms with E-state index in [4.69, 9.17) is 5.73 Å². The minimum Gasteiger partial charge on any atom is -0.398 e. The van der Waals surface area contributed by atoms with Gasteiger partial charge in [-0.05, 0) is 35.1 Å². The average Bonchev–Trinajstić information content (AvgIpc) is 2.14. The first-order valence-electron chi connectivity index (χ1n) is 5.96. The normalized spacial score (nSPS) is 11.4. The number of nitrogen functional groups attached to an aromatic ring is 1. The lowest BCUT2D eigenvalue weighted by Crippen LogP contribution is -2.15. The monoisotopic (exact) mass is 234 g/mol. The molecular formula is C14H22N2O. The van der Waals surface area contributed by atoms with Crippen LogP contribution in [0, 0.1) is 0 Å². The number of benzene rings is 1. The number of anilines is 2. The summed E-state index contributed by atoms with van der Waals surface area (Å²) >= 11 is 0. The highest BCUT2D eigenvalue weighted by molar-refractivity contribution is 5.90. The Bertz CT molecular complexity index is 431. The molecule has 3 N–H and O–H groups in total. The number of nitrogens with two attached hydrogens (primary N) is 1. The van der Waals surface area contributed by atoms with Crippen molar-refractivity contribution in [3.8, 4) is 0 Å². The van der Waals surface area contributed by atoms with Gasteiger partial charge in [-0.3, -0.25) is 4.79 Å². The van der Waals surface area contributed by atoms with E-state index in [1.807, 2.05) is 19.1 Å². The van der Waals surface area contributed by atoms with Crippen LogP contribution in [0.2, 0.25) is 0 Å².